The van der Waals surface area contributed by atoms with E-state index in [-0.39, 0.29) is 0 Å². The molecule has 268 valence electrons. The van der Waals surface area contributed by atoms with Gasteiger partial charge in [0.25, 0.3) is 0 Å². The largest absolute Gasteiger partial charge is 0.255 e. The van der Waals surface area contributed by atoms with E-state index in [1.54, 1.807) is 12.4 Å². The molecular weight excluding hydrogens is 699 g/mol. The van der Waals surface area contributed by atoms with Gasteiger partial charge < -0.3 is 0 Å². The van der Waals surface area contributed by atoms with Crippen LogP contribution >= 0.6 is 0 Å². The number of hydrogen-bond acceptors (Lipinski definition) is 7. The summed E-state index contributed by atoms with van der Waals surface area (Å²) in [5.74, 6) is 1.79. The normalized spacial score (nSPS) is 13.9. The molecule has 0 fully saturated rings. The van der Waals surface area contributed by atoms with Crippen LogP contribution in [0, 0.1) is 0 Å². The zero-order valence-electron chi connectivity index (χ0n) is 31.0. The Morgan fingerprint density at radius 3 is 1.88 bits per heavy atom. The molecule has 0 saturated carbocycles. The fraction of sp³-hybridized carbons (Fsp3) is 0.0200. The summed E-state index contributed by atoms with van der Waals surface area (Å²) in [6.07, 6.45) is 11.2. The monoisotopic (exact) mass is 731 g/mol. The highest BCUT2D eigenvalue weighted by molar-refractivity contribution is 6.20. The molecule has 10 rings (SSSR count). The van der Waals surface area contributed by atoms with E-state index >= 15 is 0 Å². The zero-order chi connectivity index (χ0) is 38.3. The molecule has 0 spiro atoms. The van der Waals surface area contributed by atoms with Crippen LogP contribution < -0.4 is 0 Å². The lowest BCUT2D eigenvalue weighted by atomic mass is 9.86. The first kappa shape index (κ1) is 33.8. The molecule has 57 heavy (non-hydrogen) atoms. The van der Waals surface area contributed by atoms with Crippen molar-refractivity contribution in [3.63, 3.8) is 0 Å². The first-order valence-electron chi connectivity index (χ1n) is 18.8. The van der Waals surface area contributed by atoms with Crippen molar-refractivity contribution >= 4 is 43.9 Å². The number of allylic oxidation sites excluding steroid dienone is 3. The molecule has 0 amide bonds. The second-order valence-electron chi connectivity index (χ2n) is 13.7. The second-order valence-corrected chi connectivity index (χ2v) is 13.7. The van der Waals surface area contributed by atoms with Crippen molar-refractivity contribution < 1.29 is 0 Å². The third-order valence-corrected chi connectivity index (χ3v) is 10.5. The Bertz CT molecular complexity index is 3140. The van der Waals surface area contributed by atoms with Crippen LogP contribution in [0.3, 0.4) is 0 Å². The van der Waals surface area contributed by atoms with Crippen molar-refractivity contribution in [3.05, 3.63) is 199 Å². The maximum atomic E-state index is 5.12. The first-order valence-corrected chi connectivity index (χ1v) is 18.8. The van der Waals surface area contributed by atoms with Gasteiger partial charge in [0.05, 0.1) is 22.4 Å². The predicted molar refractivity (Wildman–Crippen MR) is 231 cm³/mol. The Morgan fingerprint density at radius 2 is 1.11 bits per heavy atom. The molecule has 0 saturated heterocycles. The van der Waals surface area contributed by atoms with Gasteiger partial charge >= 0.3 is 0 Å². The van der Waals surface area contributed by atoms with Crippen molar-refractivity contribution in [1.29, 1.82) is 0 Å². The van der Waals surface area contributed by atoms with E-state index in [4.69, 9.17) is 24.9 Å². The number of nitrogens with zero attached hydrogens (tertiary/aromatic N) is 7. The minimum absolute atomic E-state index is 0.590. The van der Waals surface area contributed by atoms with Gasteiger partial charge in [-0.05, 0) is 75.9 Å². The molecule has 0 N–H and O–H groups in total. The molecular formula is C50H33N7. The lowest BCUT2D eigenvalue weighted by Crippen LogP contribution is -2.14. The molecule has 4 heterocycles. The van der Waals surface area contributed by atoms with Crippen LogP contribution in [0.25, 0.3) is 83.4 Å². The van der Waals surface area contributed by atoms with Crippen LogP contribution in [-0.2, 0) is 0 Å². The van der Waals surface area contributed by atoms with Gasteiger partial charge in [0, 0.05) is 57.8 Å². The van der Waals surface area contributed by atoms with Crippen LogP contribution in [0.5, 0.6) is 0 Å². The summed E-state index contributed by atoms with van der Waals surface area (Å²) in [6, 6.07) is 45.8. The van der Waals surface area contributed by atoms with E-state index in [1.807, 2.05) is 49.6 Å². The summed E-state index contributed by atoms with van der Waals surface area (Å²) in [5, 5.41) is 4.30. The standard InChI is InChI=1S/C50H33N7/c1-3-31-29-42(39-16-9-27-53-46(39)44(31)51-4-2)33-18-22-35(23-19-33)48-55-49(57-50(56-48)41-15-7-12-32-11-5-6-14-38(32)41)36-24-20-34(21-25-36)43-30-37-13-8-26-52-45(37)47-40(43)17-10-28-54-47/h3-30H,2H2,1H3/b31-3-,51-44+. The van der Waals surface area contributed by atoms with Gasteiger partial charge in [-0.15, -0.1) is 0 Å². The van der Waals surface area contributed by atoms with Crippen molar-refractivity contribution in [1.82, 2.24) is 29.9 Å². The van der Waals surface area contributed by atoms with Gasteiger partial charge in [-0.1, -0.05) is 122 Å². The van der Waals surface area contributed by atoms with Gasteiger partial charge in [-0.3, -0.25) is 19.9 Å². The van der Waals surface area contributed by atoms with Crippen molar-refractivity contribution in [2.75, 3.05) is 0 Å². The lowest BCUT2D eigenvalue weighted by Gasteiger charge is -2.20. The quantitative estimate of drug-likeness (QED) is 0.158. The molecule has 0 bridgehead atoms. The van der Waals surface area contributed by atoms with Gasteiger partial charge in [-0.25, -0.2) is 15.0 Å². The highest BCUT2D eigenvalue weighted by Gasteiger charge is 2.23. The Morgan fingerprint density at radius 1 is 0.509 bits per heavy atom. The van der Waals surface area contributed by atoms with Crippen LogP contribution in [0.15, 0.2) is 188 Å². The number of aromatic nitrogens is 6. The predicted octanol–water partition coefficient (Wildman–Crippen LogP) is 11.5. The maximum absolute atomic E-state index is 5.12. The van der Waals surface area contributed by atoms with Gasteiger partial charge in [-0.2, -0.15) is 0 Å². The van der Waals surface area contributed by atoms with E-state index in [0.717, 1.165) is 94.1 Å². The summed E-state index contributed by atoms with van der Waals surface area (Å²) >= 11 is 0. The average Bonchev–Trinajstić information content (AvgIpc) is 3.28. The van der Waals surface area contributed by atoms with Gasteiger partial charge in [0.15, 0.2) is 17.5 Å². The zero-order valence-corrected chi connectivity index (χ0v) is 31.0. The third-order valence-electron chi connectivity index (χ3n) is 10.5. The fourth-order valence-corrected chi connectivity index (χ4v) is 7.72. The molecule has 1 aliphatic carbocycles. The van der Waals surface area contributed by atoms with E-state index in [1.165, 1.54) is 0 Å². The lowest BCUT2D eigenvalue weighted by molar-refractivity contribution is 1.08. The summed E-state index contributed by atoms with van der Waals surface area (Å²) in [6.45, 7) is 5.84. The fourth-order valence-electron chi connectivity index (χ4n) is 7.72. The number of benzene rings is 5. The van der Waals surface area contributed by atoms with Crippen molar-refractivity contribution in [2.45, 2.75) is 6.92 Å². The second kappa shape index (κ2) is 14.1. The number of hydrogen-bond donors (Lipinski definition) is 0. The SMILES string of the molecule is C=C/N=C1\C(=C/C)C=C(c2ccc(-c3nc(-c4ccc(-c5cc6cccnc6c6ncccc56)cc4)nc(-c4cccc5ccccc45)n3)cc2)c2cccnc21. The summed E-state index contributed by atoms with van der Waals surface area (Å²) in [5.41, 5.74) is 12.4. The Kier molecular flexibility index (Phi) is 8.38. The molecule has 0 aliphatic heterocycles. The summed E-state index contributed by atoms with van der Waals surface area (Å²) < 4.78 is 0. The van der Waals surface area contributed by atoms with E-state index < -0.39 is 0 Å². The molecule has 5 aromatic carbocycles. The molecule has 7 nitrogen and oxygen atoms in total. The molecule has 0 atom stereocenters. The summed E-state index contributed by atoms with van der Waals surface area (Å²) in [7, 11) is 0. The van der Waals surface area contributed by atoms with Crippen LogP contribution in [0.1, 0.15) is 23.7 Å². The first-order chi connectivity index (χ1) is 28.2. The van der Waals surface area contributed by atoms with Crippen LogP contribution in [0.2, 0.25) is 0 Å². The van der Waals surface area contributed by atoms with Gasteiger partial charge in [0.1, 0.15) is 0 Å². The number of fused-ring (bicyclic) bond motifs is 5. The van der Waals surface area contributed by atoms with Crippen molar-refractivity contribution in [3.8, 4) is 45.3 Å². The average molecular weight is 732 g/mol. The van der Waals surface area contributed by atoms with E-state index in [9.17, 15) is 0 Å². The molecule has 7 heteroatoms. The maximum Gasteiger partial charge on any atom is 0.164 e. The molecule has 9 aromatic rings. The number of aliphatic imine (C=N–C) groups is 1. The number of rotatable bonds is 6. The minimum atomic E-state index is 0.590. The van der Waals surface area contributed by atoms with Crippen molar-refractivity contribution in [2.24, 2.45) is 4.99 Å². The molecule has 0 radical (unpaired) electrons. The highest BCUT2D eigenvalue weighted by atomic mass is 15.0. The van der Waals surface area contributed by atoms with Gasteiger partial charge in [0.2, 0.25) is 0 Å². The third kappa shape index (κ3) is 5.99. The molecule has 0 unspecified atom stereocenters. The summed E-state index contributed by atoms with van der Waals surface area (Å²) in [4.78, 5) is 34.0. The minimum Gasteiger partial charge on any atom is -0.255 e. The number of pyridine rings is 3. The van der Waals surface area contributed by atoms with Crippen LogP contribution in [0.4, 0.5) is 0 Å². The Labute approximate surface area is 329 Å². The molecule has 1 aliphatic rings. The van der Waals surface area contributed by atoms with E-state index in [0.29, 0.717) is 17.5 Å². The highest BCUT2D eigenvalue weighted by Crippen LogP contribution is 2.37. The smallest absolute Gasteiger partial charge is 0.164 e. The Hall–Kier alpha value is -7.77. The topological polar surface area (TPSA) is 89.7 Å². The van der Waals surface area contributed by atoms with E-state index in [2.05, 4.69) is 132 Å². The van der Waals surface area contributed by atoms with Crippen LogP contribution in [-0.4, -0.2) is 35.6 Å². The molecule has 4 aromatic heterocycles. The Balaban J connectivity index is 1.08.